The Morgan fingerprint density at radius 3 is 2.63 bits per heavy atom. The molecular formula is C26H36N6O3. The van der Waals surface area contributed by atoms with Crippen LogP contribution in [0, 0.1) is 6.92 Å². The summed E-state index contributed by atoms with van der Waals surface area (Å²) >= 11 is 0. The van der Waals surface area contributed by atoms with Gasteiger partial charge < -0.3 is 20.0 Å². The van der Waals surface area contributed by atoms with Gasteiger partial charge in [0.25, 0.3) is 11.8 Å². The lowest BCUT2D eigenvalue weighted by Crippen LogP contribution is -2.42. The molecule has 0 atom stereocenters. The molecule has 1 aromatic carbocycles. The van der Waals surface area contributed by atoms with E-state index in [9.17, 15) is 14.4 Å². The molecule has 1 aromatic heterocycles. The van der Waals surface area contributed by atoms with Crippen molar-refractivity contribution in [1.29, 1.82) is 0 Å². The third-order valence-corrected chi connectivity index (χ3v) is 6.69. The van der Waals surface area contributed by atoms with Crippen LogP contribution in [-0.2, 0) is 17.9 Å². The first kappa shape index (κ1) is 24.9. The minimum atomic E-state index is -0.366. The van der Waals surface area contributed by atoms with E-state index in [1.54, 1.807) is 17.8 Å². The van der Waals surface area contributed by atoms with E-state index in [4.69, 9.17) is 0 Å². The van der Waals surface area contributed by atoms with Crippen molar-refractivity contribution in [2.24, 2.45) is 0 Å². The number of fused-ring (bicyclic) bond motifs is 1. The molecule has 4 rings (SSSR count). The molecule has 9 nitrogen and oxygen atoms in total. The van der Waals surface area contributed by atoms with Crippen molar-refractivity contribution >= 4 is 17.7 Å². The van der Waals surface area contributed by atoms with E-state index >= 15 is 0 Å². The summed E-state index contributed by atoms with van der Waals surface area (Å²) in [6, 6.07) is 9.69. The lowest BCUT2D eigenvalue weighted by molar-refractivity contribution is -0.121. The van der Waals surface area contributed by atoms with Crippen LogP contribution in [-0.4, -0.2) is 88.5 Å². The highest BCUT2D eigenvalue weighted by atomic mass is 16.2. The molecule has 2 aliphatic rings. The zero-order valence-electron chi connectivity index (χ0n) is 20.8. The Balaban J connectivity index is 1.33. The van der Waals surface area contributed by atoms with E-state index in [-0.39, 0.29) is 30.0 Å². The smallest absolute Gasteiger partial charge is 0.274 e. The average molecular weight is 481 g/mol. The summed E-state index contributed by atoms with van der Waals surface area (Å²) in [5, 5.41) is 7.31. The quantitative estimate of drug-likeness (QED) is 0.623. The number of amides is 3. The fourth-order valence-electron chi connectivity index (χ4n) is 4.80. The Hall–Kier alpha value is -3.20. The van der Waals surface area contributed by atoms with Crippen molar-refractivity contribution in [3.05, 3.63) is 52.8 Å². The topological polar surface area (TPSA) is 90.8 Å². The minimum Gasteiger partial charge on any atom is -0.353 e. The van der Waals surface area contributed by atoms with E-state index in [0.29, 0.717) is 31.9 Å². The van der Waals surface area contributed by atoms with Gasteiger partial charge in [-0.25, -0.2) is 0 Å². The first-order chi connectivity index (χ1) is 16.9. The Morgan fingerprint density at radius 1 is 1.06 bits per heavy atom. The Bertz CT molecular complexity index is 1060. The van der Waals surface area contributed by atoms with Crippen molar-refractivity contribution < 1.29 is 14.4 Å². The van der Waals surface area contributed by atoms with E-state index in [0.717, 1.165) is 37.2 Å². The summed E-state index contributed by atoms with van der Waals surface area (Å²) in [6.45, 7) is 7.29. The van der Waals surface area contributed by atoms with Gasteiger partial charge in [-0.2, -0.15) is 5.10 Å². The molecule has 188 valence electrons. The van der Waals surface area contributed by atoms with E-state index in [1.807, 2.05) is 30.0 Å². The normalized spacial score (nSPS) is 16.5. The highest BCUT2D eigenvalue weighted by molar-refractivity contribution is 5.99. The van der Waals surface area contributed by atoms with Crippen molar-refractivity contribution in [3.63, 3.8) is 0 Å². The number of rotatable bonds is 8. The van der Waals surface area contributed by atoms with Crippen molar-refractivity contribution in [1.82, 2.24) is 29.8 Å². The number of aromatic nitrogens is 2. The van der Waals surface area contributed by atoms with Crippen molar-refractivity contribution in [3.8, 4) is 0 Å². The van der Waals surface area contributed by atoms with Crippen LogP contribution in [0.1, 0.15) is 57.8 Å². The van der Waals surface area contributed by atoms with Crippen LogP contribution >= 0.6 is 0 Å². The third-order valence-electron chi connectivity index (χ3n) is 6.69. The van der Waals surface area contributed by atoms with Gasteiger partial charge in [0.05, 0.1) is 6.54 Å². The predicted octanol–water partition coefficient (Wildman–Crippen LogP) is 1.91. The molecule has 2 aromatic rings. The van der Waals surface area contributed by atoms with Gasteiger partial charge in [0.2, 0.25) is 5.91 Å². The molecule has 0 aliphatic carbocycles. The summed E-state index contributed by atoms with van der Waals surface area (Å²) in [7, 11) is 1.59. The molecule has 0 radical (unpaired) electrons. The van der Waals surface area contributed by atoms with Crippen LogP contribution in [0.15, 0.2) is 30.3 Å². The number of hydrogen-bond acceptors (Lipinski definition) is 5. The second-order valence-corrected chi connectivity index (χ2v) is 9.62. The fraction of sp³-hybridized carbons (Fsp3) is 0.538. The fourth-order valence-corrected chi connectivity index (χ4v) is 4.80. The molecule has 2 aliphatic heterocycles. The Morgan fingerprint density at radius 2 is 1.86 bits per heavy atom. The number of carbonyl (C=O) groups excluding carboxylic acids is 3. The highest BCUT2D eigenvalue weighted by Gasteiger charge is 2.27. The number of nitrogens with zero attached hydrogens (tertiary/aromatic N) is 5. The molecule has 3 heterocycles. The van der Waals surface area contributed by atoms with Crippen molar-refractivity contribution in [2.45, 2.75) is 45.7 Å². The van der Waals surface area contributed by atoms with Crippen molar-refractivity contribution in [2.75, 3.05) is 46.3 Å². The largest absolute Gasteiger partial charge is 0.353 e. The maximum atomic E-state index is 13.2. The summed E-state index contributed by atoms with van der Waals surface area (Å²) in [6.07, 6.45) is 4.47. The number of likely N-dealkylation sites (tertiary alicyclic amines) is 1. The summed E-state index contributed by atoms with van der Waals surface area (Å²) < 4.78 is 1.62. The molecule has 3 amide bonds. The first-order valence-electron chi connectivity index (χ1n) is 12.6. The number of hydrogen-bond donors (Lipinski definition) is 1. The van der Waals surface area contributed by atoms with Gasteiger partial charge in [0.1, 0.15) is 5.69 Å². The first-order valence-corrected chi connectivity index (χ1v) is 12.6. The van der Waals surface area contributed by atoms with E-state index in [1.165, 1.54) is 24.2 Å². The molecule has 0 unspecified atom stereocenters. The van der Waals surface area contributed by atoms with Gasteiger partial charge >= 0.3 is 0 Å². The van der Waals surface area contributed by atoms with Gasteiger partial charge in [-0.1, -0.05) is 36.2 Å². The number of carbonyl (C=O) groups is 3. The van der Waals surface area contributed by atoms with E-state index in [2.05, 4.69) is 21.4 Å². The van der Waals surface area contributed by atoms with Gasteiger partial charge in [0.15, 0.2) is 5.69 Å². The molecule has 1 fully saturated rings. The average Bonchev–Trinajstić information content (AvgIpc) is 3.21. The van der Waals surface area contributed by atoms with Crippen LogP contribution in [0.3, 0.4) is 0 Å². The Labute approximate surface area is 207 Å². The lowest BCUT2D eigenvalue weighted by atomic mass is 10.1. The van der Waals surface area contributed by atoms with Crippen LogP contribution in [0.4, 0.5) is 0 Å². The van der Waals surface area contributed by atoms with Crippen LogP contribution in [0.2, 0.25) is 0 Å². The molecule has 0 spiro atoms. The number of likely N-dealkylation sites (N-methyl/N-ethyl adjacent to an activating group) is 1. The highest BCUT2D eigenvalue weighted by Crippen LogP contribution is 2.18. The maximum Gasteiger partial charge on any atom is 0.274 e. The molecule has 1 N–H and O–H groups in total. The second-order valence-electron chi connectivity index (χ2n) is 9.62. The van der Waals surface area contributed by atoms with Gasteiger partial charge in [-0.15, -0.1) is 0 Å². The molecule has 0 saturated carbocycles. The molecule has 35 heavy (non-hydrogen) atoms. The minimum absolute atomic E-state index is 0.0472. The number of benzene rings is 1. The molecule has 0 bridgehead atoms. The zero-order valence-corrected chi connectivity index (χ0v) is 20.8. The SMILES string of the molecule is Cc1cccc(CN2CCCn3nc(C(=O)N(C)CC(=O)NCCN4CCCCC4)cc3C2=O)c1. The summed E-state index contributed by atoms with van der Waals surface area (Å²) in [5.74, 6) is -0.692. The van der Waals surface area contributed by atoms with Crippen LogP contribution in [0.5, 0.6) is 0 Å². The zero-order chi connectivity index (χ0) is 24.8. The van der Waals surface area contributed by atoms with Crippen LogP contribution < -0.4 is 5.32 Å². The molecule has 1 saturated heterocycles. The number of piperidine rings is 1. The van der Waals surface area contributed by atoms with Gasteiger partial charge in [-0.3, -0.25) is 19.1 Å². The summed E-state index contributed by atoms with van der Waals surface area (Å²) in [5.41, 5.74) is 2.84. The predicted molar refractivity (Wildman–Crippen MR) is 133 cm³/mol. The third kappa shape index (κ3) is 6.48. The summed E-state index contributed by atoms with van der Waals surface area (Å²) in [4.78, 5) is 44.1. The monoisotopic (exact) mass is 480 g/mol. The van der Waals surface area contributed by atoms with Crippen LogP contribution in [0.25, 0.3) is 0 Å². The molecule has 9 heteroatoms. The number of aryl methyl sites for hydroxylation is 2. The lowest BCUT2D eigenvalue weighted by Gasteiger charge is -2.26. The van der Waals surface area contributed by atoms with E-state index < -0.39 is 0 Å². The number of nitrogens with one attached hydrogen (secondary N) is 1. The maximum absolute atomic E-state index is 13.2. The molecular weight excluding hydrogens is 444 g/mol. The van der Waals surface area contributed by atoms with Gasteiger partial charge in [-0.05, 0) is 44.8 Å². The second kappa shape index (κ2) is 11.5. The Kier molecular flexibility index (Phi) is 8.17. The van der Waals surface area contributed by atoms with Gasteiger partial charge in [0, 0.05) is 45.8 Å². The standard InChI is InChI=1S/C26H36N6O3/c1-20-8-6-9-21(16-20)18-31-13-7-14-32-23(26(31)35)17-22(28-32)25(34)29(2)19-24(33)27-10-15-30-11-4-3-5-12-30/h6,8-9,16-17H,3-5,7,10-15,18-19H2,1-2H3,(H,27,33).